The fourth-order valence-corrected chi connectivity index (χ4v) is 3.56. The third kappa shape index (κ3) is 3.73. The highest BCUT2D eigenvalue weighted by atomic mass is 16.5. The van der Waals surface area contributed by atoms with E-state index in [1.165, 1.54) is 5.56 Å². The van der Waals surface area contributed by atoms with Gasteiger partial charge in [-0.15, -0.1) is 0 Å². The van der Waals surface area contributed by atoms with Gasteiger partial charge >= 0.3 is 0 Å². The summed E-state index contributed by atoms with van der Waals surface area (Å²) in [5.74, 6) is -0.0340. The summed E-state index contributed by atoms with van der Waals surface area (Å²) in [4.78, 5) is 33.0. The fourth-order valence-electron chi connectivity index (χ4n) is 3.56. The van der Waals surface area contributed by atoms with Crippen LogP contribution in [0.15, 0.2) is 36.8 Å². The van der Waals surface area contributed by atoms with Crippen molar-refractivity contribution in [2.75, 3.05) is 32.8 Å². The van der Waals surface area contributed by atoms with Crippen molar-refractivity contribution < 1.29 is 14.3 Å². The molecule has 2 aliphatic rings. The third-order valence-corrected chi connectivity index (χ3v) is 5.22. The highest BCUT2D eigenvalue weighted by molar-refractivity contribution is 5.92. The summed E-state index contributed by atoms with van der Waals surface area (Å²) in [7, 11) is 0. The van der Waals surface area contributed by atoms with Gasteiger partial charge in [0.1, 0.15) is 18.1 Å². The maximum Gasteiger partial charge on any atom is 0.274 e. The smallest absolute Gasteiger partial charge is 0.274 e. The van der Waals surface area contributed by atoms with Gasteiger partial charge in [-0.3, -0.25) is 9.59 Å². The Labute approximate surface area is 158 Å². The molecule has 3 heterocycles. The van der Waals surface area contributed by atoms with Crippen LogP contribution in [0.3, 0.4) is 0 Å². The topological polar surface area (TPSA) is 67.7 Å². The van der Waals surface area contributed by atoms with Crippen LogP contribution in [-0.4, -0.2) is 70.1 Å². The van der Waals surface area contributed by atoms with Gasteiger partial charge in [-0.25, -0.2) is 4.98 Å². The first-order valence-corrected chi connectivity index (χ1v) is 9.42. The number of carbonyl (C=O) groups excluding carboxylic acids is 2. The summed E-state index contributed by atoms with van der Waals surface area (Å²) >= 11 is 0. The number of hydrogen-bond donors (Lipinski definition) is 0. The van der Waals surface area contributed by atoms with Crippen LogP contribution in [0.25, 0.3) is 5.69 Å². The molecule has 4 rings (SSSR count). The Bertz CT molecular complexity index is 816. The number of carbonyl (C=O) groups is 2. The minimum atomic E-state index is -0.294. The molecule has 0 spiro atoms. The van der Waals surface area contributed by atoms with Gasteiger partial charge < -0.3 is 19.1 Å². The Balaban J connectivity index is 1.37. The van der Waals surface area contributed by atoms with Crippen molar-refractivity contribution in [3.63, 3.8) is 0 Å². The monoisotopic (exact) mass is 368 g/mol. The van der Waals surface area contributed by atoms with E-state index < -0.39 is 0 Å². The van der Waals surface area contributed by atoms with Crippen molar-refractivity contribution in [2.45, 2.75) is 25.9 Å². The molecule has 0 radical (unpaired) electrons. The summed E-state index contributed by atoms with van der Waals surface area (Å²) in [6.07, 6.45) is 4.87. The first kappa shape index (κ1) is 17.7. The number of imidazole rings is 1. The Morgan fingerprint density at radius 2 is 1.78 bits per heavy atom. The van der Waals surface area contributed by atoms with E-state index in [9.17, 15) is 9.59 Å². The molecule has 2 fully saturated rings. The first-order chi connectivity index (χ1) is 13.1. The van der Waals surface area contributed by atoms with E-state index in [0.717, 1.165) is 18.5 Å². The molecule has 1 atom stereocenters. The second-order valence-electron chi connectivity index (χ2n) is 7.12. The number of aryl methyl sites for hydroxylation is 1. The molecule has 142 valence electrons. The van der Waals surface area contributed by atoms with Gasteiger partial charge in [-0.05, 0) is 31.9 Å². The summed E-state index contributed by atoms with van der Waals surface area (Å²) in [6, 6.07) is 8.06. The Morgan fingerprint density at radius 1 is 1.07 bits per heavy atom. The normalized spacial score (nSPS) is 20.1. The molecule has 0 N–H and O–H groups in total. The number of nitrogens with zero attached hydrogens (tertiary/aromatic N) is 4. The van der Waals surface area contributed by atoms with E-state index in [1.807, 2.05) is 40.7 Å². The van der Waals surface area contributed by atoms with Gasteiger partial charge in [0.25, 0.3) is 11.8 Å². The standard InChI is InChI=1S/C20H24N4O3/c1-15-4-6-16(7-5-15)24-13-17(21-14-24)19(25)22-8-10-23(11-9-22)20(26)18-3-2-12-27-18/h4-7,13-14,18H,2-3,8-12H2,1H3/t18-/m0/s1. The summed E-state index contributed by atoms with van der Waals surface area (Å²) in [5.41, 5.74) is 2.58. The lowest BCUT2D eigenvalue weighted by Crippen LogP contribution is -2.52. The third-order valence-electron chi connectivity index (χ3n) is 5.22. The number of aromatic nitrogens is 2. The van der Waals surface area contributed by atoms with Crippen LogP contribution in [0.5, 0.6) is 0 Å². The fraction of sp³-hybridized carbons (Fsp3) is 0.450. The van der Waals surface area contributed by atoms with Gasteiger partial charge in [0, 0.05) is 44.7 Å². The predicted molar refractivity (Wildman–Crippen MR) is 99.8 cm³/mol. The quantitative estimate of drug-likeness (QED) is 0.826. The van der Waals surface area contributed by atoms with Crippen LogP contribution in [0.4, 0.5) is 0 Å². The minimum Gasteiger partial charge on any atom is -0.368 e. The molecule has 7 heteroatoms. The predicted octanol–water partition coefficient (Wildman–Crippen LogP) is 1.64. The average Bonchev–Trinajstić information content (AvgIpc) is 3.40. The molecule has 0 unspecified atom stereocenters. The molecule has 2 saturated heterocycles. The van der Waals surface area contributed by atoms with Crippen LogP contribution < -0.4 is 0 Å². The molecule has 1 aromatic carbocycles. The molecule has 2 aromatic rings. The summed E-state index contributed by atoms with van der Waals surface area (Å²) in [6.45, 7) is 4.84. The van der Waals surface area contributed by atoms with Crippen LogP contribution in [0, 0.1) is 6.92 Å². The van der Waals surface area contributed by atoms with Crippen LogP contribution >= 0.6 is 0 Å². The Morgan fingerprint density at radius 3 is 2.44 bits per heavy atom. The number of rotatable bonds is 3. The second kappa shape index (κ2) is 7.52. The maximum atomic E-state index is 12.8. The molecular weight excluding hydrogens is 344 g/mol. The molecule has 1 aromatic heterocycles. The molecule has 0 bridgehead atoms. The van der Waals surface area contributed by atoms with Crippen molar-refractivity contribution >= 4 is 11.8 Å². The lowest BCUT2D eigenvalue weighted by atomic mass is 10.2. The number of hydrogen-bond acceptors (Lipinski definition) is 4. The number of amides is 2. The van der Waals surface area contributed by atoms with Gasteiger partial charge in [0.15, 0.2) is 0 Å². The van der Waals surface area contributed by atoms with E-state index in [4.69, 9.17) is 4.74 Å². The molecule has 7 nitrogen and oxygen atoms in total. The van der Waals surface area contributed by atoms with Gasteiger partial charge in [0.2, 0.25) is 0 Å². The molecule has 2 aliphatic heterocycles. The van der Waals surface area contributed by atoms with Gasteiger partial charge in [0.05, 0.1) is 0 Å². The van der Waals surface area contributed by atoms with Crippen LogP contribution in [0.1, 0.15) is 28.9 Å². The van der Waals surface area contributed by atoms with Crippen molar-refractivity contribution in [2.24, 2.45) is 0 Å². The Kier molecular flexibility index (Phi) is 4.94. The summed E-state index contributed by atoms with van der Waals surface area (Å²) < 4.78 is 7.33. The van der Waals surface area contributed by atoms with Crippen molar-refractivity contribution in [1.29, 1.82) is 0 Å². The first-order valence-electron chi connectivity index (χ1n) is 9.42. The number of ether oxygens (including phenoxy) is 1. The van der Waals surface area contributed by atoms with E-state index in [0.29, 0.717) is 38.5 Å². The average molecular weight is 368 g/mol. The van der Waals surface area contributed by atoms with Crippen molar-refractivity contribution in [3.05, 3.63) is 48.0 Å². The van der Waals surface area contributed by atoms with E-state index in [2.05, 4.69) is 4.98 Å². The highest BCUT2D eigenvalue weighted by Crippen LogP contribution is 2.17. The van der Waals surface area contributed by atoms with Crippen LogP contribution in [-0.2, 0) is 9.53 Å². The molecule has 2 amide bonds. The lowest BCUT2D eigenvalue weighted by molar-refractivity contribution is -0.142. The molecule has 0 saturated carbocycles. The Hall–Kier alpha value is -2.67. The largest absolute Gasteiger partial charge is 0.368 e. The van der Waals surface area contributed by atoms with Crippen molar-refractivity contribution in [3.8, 4) is 5.69 Å². The van der Waals surface area contributed by atoms with E-state index in [1.54, 1.807) is 17.4 Å². The summed E-state index contributed by atoms with van der Waals surface area (Å²) in [5, 5.41) is 0. The zero-order chi connectivity index (χ0) is 18.8. The van der Waals surface area contributed by atoms with E-state index in [-0.39, 0.29) is 17.9 Å². The van der Waals surface area contributed by atoms with Crippen LogP contribution in [0.2, 0.25) is 0 Å². The lowest BCUT2D eigenvalue weighted by Gasteiger charge is -2.35. The maximum absolute atomic E-state index is 12.8. The van der Waals surface area contributed by atoms with Gasteiger partial charge in [-0.1, -0.05) is 17.7 Å². The number of benzene rings is 1. The molecule has 0 aliphatic carbocycles. The van der Waals surface area contributed by atoms with Crippen molar-refractivity contribution in [1.82, 2.24) is 19.4 Å². The highest BCUT2D eigenvalue weighted by Gasteiger charge is 2.31. The SMILES string of the molecule is Cc1ccc(-n2cnc(C(=O)N3CCN(C(=O)[C@@H]4CCCO4)CC3)c2)cc1. The number of piperazine rings is 1. The van der Waals surface area contributed by atoms with Gasteiger partial charge in [-0.2, -0.15) is 0 Å². The molecule has 27 heavy (non-hydrogen) atoms. The zero-order valence-corrected chi connectivity index (χ0v) is 15.5. The zero-order valence-electron chi connectivity index (χ0n) is 15.5. The second-order valence-corrected chi connectivity index (χ2v) is 7.12. The molecular formula is C20H24N4O3. The van der Waals surface area contributed by atoms with E-state index >= 15 is 0 Å². The minimum absolute atomic E-state index is 0.0586.